The smallest absolute Gasteiger partial charge is 0.216 e. The molecule has 0 aliphatic heterocycles. The van der Waals surface area contributed by atoms with Gasteiger partial charge in [-0.25, -0.2) is 4.98 Å². The van der Waals surface area contributed by atoms with E-state index >= 15 is 0 Å². The summed E-state index contributed by atoms with van der Waals surface area (Å²) in [6.45, 7) is 14.0. The zero-order valence-corrected chi connectivity index (χ0v) is 28.1. The molecule has 6 aromatic rings. The number of benzene rings is 2. The van der Waals surface area contributed by atoms with Gasteiger partial charge in [0.1, 0.15) is 0 Å². The zero-order valence-electron chi connectivity index (χ0n) is 23.7. The Hall–Kier alpha value is -3.23. The minimum absolute atomic E-state index is 0. The third kappa shape index (κ3) is 6.56. The summed E-state index contributed by atoms with van der Waals surface area (Å²) >= 11 is 0. The van der Waals surface area contributed by atoms with E-state index in [1.54, 1.807) is 6.20 Å². The summed E-state index contributed by atoms with van der Waals surface area (Å²) < 4.78 is 5.96. The van der Waals surface area contributed by atoms with E-state index in [1.165, 1.54) is 10.4 Å². The first kappa shape index (κ1) is 29.7. The SMILES string of the molecule is C[Si](C)(C)c1ccc(-c2[c-]ccc3c2oc2ncccc23)nc1.C[Si](C)(C)c1ccc(-c2[c-]cccc2)nc1.[Ir]. The predicted octanol–water partition coefficient (Wildman–Crippen LogP) is 7.48. The maximum Gasteiger partial charge on any atom is 0.216 e. The number of rotatable bonds is 4. The van der Waals surface area contributed by atoms with Gasteiger partial charge in [0, 0.05) is 44.1 Å². The van der Waals surface area contributed by atoms with Crippen LogP contribution in [0.1, 0.15) is 0 Å². The van der Waals surface area contributed by atoms with E-state index < -0.39 is 16.1 Å². The molecule has 4 aromatic heterocycles. The van der Waals surface area contributed by atoms with Crippen molar-refractivity contribution in [1.29, 1.82) is 0 Å². The molecular weight excluding hydrogens is 703 g/mol. The Balaban J connectivity index is 0.000000192. The molecule has 0 aliphatic rings. The molecule has 0 unspecified atom stereocenters. The molecule has 0 spiro atoms. The van der Waals surface area contributed by atoms with Gasteiger partial charge >= 0.3 is 0 Å². The average molecular weight is 736 g/mol. The van der Waals surface area contributed by atoms with Gasteiger partial charge in [0.2, 0.25) is 5.71 Å². The minimum Gasteiger partial charge on any atom is -0.486 e. The summed E-state index contributed by atoms with van der Waals surface area (Å²) in [5, 5.41) is 4.82. The molecular formula is C33H33IrN3OSi2-2. The second-order valence-corrected chi connectivity index (χ2v) is 21.8. The minimum atomic E-state index is -1.34. The summed E-state index contributed by atoms with van der Waals surface area (Å²) in [6, 6.07) is 30.9. The second-order valence-electron chi connectivity index (χ2n) is 11.7. The number of hydrogen-bond acceptors (Lipinski definition) is 4. The Kier molecular flexibility index (Phi) is 9.00. The summed E-state index contributed by atoms with van der Waals surface area (Å²) in [5.41, 5.74) is 5.29. The summed E-state index contributed by atoms with van der Waals surface area (Å²) in [7, 11) is -2.57. The van der Waals surface area contributed by atoms with Gasteiger partial charge < -0.3 is 14.4 Å². The first-order chi connectivity index (χ1) is 18.6. The van der Waals surface area contributed by atoms with Crippen LogP contribution < -0.4 is 10.4 Å². The van der Waals surface area contributed by atoms with E-state index in [-0.39, 0.29) is 20.1 Å². The monoisotopic (exact) mass is 736 g/mol. The van der Waals surface area contributed by atoms with Crippen LogP contribution in [0.3, 0.4) is 0 Å². The normalized spacial score (nSPS) is 11.6. The third-order valence-electron chi connectivity index (χ3n) is 6.71. The fraction of sp³-hybridized carbons (Fsp3) is 0.182. The van der Waals surface area contributed by atoms with Gasteiger partial charge in [-0.3, -0.25) is 0 Å². The van der Waals surface area contributed by atoms with Crippen molar-refractivity contribution in [1.82, 2.24) is 15.0 Å². The van der Waals surface area contributed by atoms with Crippen LogP contribution in [0.4, 0.5) is 0 Å². The molecule has 40 heavy (non-hydrogen) atoms. The van der Waals surface area contributed by atoms with Crippen LogP contribution in [0.5, 0.6) is 0 Å². The van der Waals surface area contributed by atoms with Gasteiger partial charge in [-0.1, -0.05) is 74.5 Å². The topological polar surface area (TPSA) is 51.8 Å². The summed E-state index contributed by atoms with van der Waals surface area (Å²) in [6.07, 6.45) is 5.76. The molecule has 205 valence electrons. The molecule has 0 N–H and O–H groups in total. The largest absolute Gasteiger partial charge is 0.486 e. The van der Waals surface area contributed by atoms with Crippen molar-refractivity contribution in [3.63, 3.8) is 0 Å². The number of furan rings is 1. The number of aromatic nitrogens is 3. The third-order valence-corrected chi connectivity index (χ3v) is 10.8. The van der Waals surface area contributed by atoms with Crippen molar-refractivity contribution >= 4 is 48.6 Å². The van der Waals surface area contributed by atoms with Crippen LogP contribution in [0.25, 0.3) is 44.6 Å². The summed E-state index contributed by atoms with van der Waals surface area (Å²) in [4.78, 5) is 13.5. The van der Waals surface area contributed by atoms with Crippen LogP contribution in [-0.4, -0.2) is 31.1 Å². The molecule has 7 heteroatoms. The Labute approximate surface area is 252 Å². The predicted molar refractivity (Wildman–Crippen MR) is 168 cm³/mol. The first-order valence-corrected chi connectivity index (χ1v) is 20.2. The zero-order chi connectivity index (χ0) is 27.6. The second kappa shape index (κ2) is 12.1. The van der Waals surface area contributed by atoms with E-state index in [4.69, 9.17) is 4.42 Å². The molecule has 0 amide bonds. The van der Waals surface area contributed by atoms with Crippen LogP contribution in [-0.2, 0) is 20.1 Å². The first-order valence-electron chi connectivity index (χ1n) is 13.2. The number of fused-ring (bicyclic) bond motifs is 3. The molecule has 0 fully saturated rings. The van der Waals surface area contributed by atoms with Gasteiger partial charge in [0.25, 0.3) is 0 Å². The number of pyridine rings is 3. The standard InChI is InChI=1S/C19H17N2OSi.C14H16NSi.Ir/c1-23(2,3)13-9-10-17(21-12-13)16-7-4-6-14-15-8-5-11-20-19(15)22-18(14)16;1-16(2,3)13-9-10-14(15-11-13)12-7-5-4-6-8-12;/h4-6,8-12H,1-3H3;4-7,9-11H,1-3H3;/q2*-1;. The molecule has 6 rings (SSSR count). The van der Waals surface area contributed by atoms with Crippen LogP contribution in [0.2, 0.25) is 39.3 Å². The Morgan fingerprint density at radius 1 is 0.625 bits per heavy atom. The van der Waals surface area contributed by atoms with E-state index in [0.29, 0.717) is 5.71 Å². The van der Waals surface area contributed by atoms with Crippen LogP contribution in [0, 0.1) is 12.1 Å². The maximum atomic E-state index is 5.96. The van der Waals surface area contributed by atoms with Crippen molar-refractivity contribution < 1.29 is 24.5 Å². The van der Waals surface area contributed by atoms with Gasteiger partial charge in [0.15, 0.2) is 0 Å². The van der Waals surface area contributed by atoms with E-state index in [1.807, 2.05) is 60.9 Å². The fourth-order valence-electron chi connectivity index (χ4n) is 4.30. The van der Waals surface area contributed by atoms with Crippen LogP contribution in [0.15, 0.2) is 95.8 Å². The van der Waals surface area contributed by atoms with E-state index in [2.05, 4.69) is 90.6 Å². The van der Waals surface area contributed by atoms with Crippen LogP contribution >= 0.6 is 0 Å². The molecule has 4 heterocycles. The number of nitrogens with zero attached hydrogens (tertiary/aromatic N) is 3. The van der Waals surface area contributed by atoms with E-state index in [9.17, 15) is 0 Å². The maximum absolute atomic E-state index is 5.96. The van der Waals surface area contributed by atoms with Crippen molar-refractivity contribution in [2.45, 2.75) is 39.3 Å². The van der Waals surface area contributed by atoms with Crippen molar-refractivity contribution in [2.75, 3.05) is 0 Å². The molecule has 0 saturated carbocycles. The molecule has 0 atom stereocenters. The summed E-state index contributed by atoms with van der Waals surface area (Å²) in [5.74, 6) is 0. The molecule has 4 nitrogen and oxygen atoms in total. The molecule has 0 aliphatic carbocycles. The Bertz CT molecular complexity index is 1700. The molecule has 0 bridgehead atoms. The van der Waals surface area contributed by atoms with Crippen molar-refractivity contribution in [3.05, 3.63) is 104 Å². The number of hydrogen-bond donors (Lipinski definition) is 0. The Morgan fingerprint density at radius 2 is 1.30 bits per heavy atom. The molecule has 0 saturated heterocycles. The quantitative estimate of drug-likeness (QED) is 0.139. The molecule has 1 radical (unpaired) electrons. The van der Waals surface area contributed by atoms with Gasteiger partial charge in [-0.05, 0) is 33.9 Å². The van der Waals surface area contributed by atoms with Gasteiger partial charge in [0.05, 0.1) is 21.7 Å². The Morgan fingerprint density at radius 3 is 1.88 bits per heavy atom. The van der Waals surface area contributed by atoms with Crippen molar-refractivity contribution in [3.8, 4) is 22.5 Å². The fourth-order valence-corrected chi connectivity index (χ4v) is 6.37. The average Bonchev–Trinajstić information content (AvgIpc) is 3.32. The molecule has 2 aromatic carbocycles. The van der Waals surface area contributed by atoms with E-state index in [0.717, 1.165) is 38.9 Å². The van der Waals surface area contributed by atoms with Crippen molar-refractivity contribution in [2.24, 2.45) is 0 Å². The van der Waals surface area contributed by atoms with Gasteiger partial charge in [-0.2, -0.15) is 0 Å². The van der Waals surface area contributed by atoms with Gasteiger partial charge in [-0.15, -0.1) is 54.1 Å².